The SMILES string of the molecule is CCOC(=O)C1CCN(c2nc(OC)cc(OC)n2)CC1. The highest BCUT2D eigenvalue weighted by molar-refractivity contribution is 5.72. The molecule has 7 nitrogen and oxygen atoms in total. The first-order chi connectivity index (χ1) is 10.2. The molecule has 0 atom stereocenters. The highest BCUT2D eigenvalue weighted by atomic mass is 16.5. The van der Waals surface area contributed by atoms with Crippen molar-refractivity contribution in [3.8, 4) is 11.8 Å². The van der Waals surface area contributed by atoms with Crippen molar-refractivity contribution in [3.63, 3.8) is 0 Å². The van der Waals surface area contributed by atoms with Crippen LogP contribution in [0.3, 0.4) is 0 Å². The van der Waals surface area contributed by atoms with Crippen molar-refractivity contribution in [2.75, 3.05) is 38.8 Å². The molecule has 0 N–H and O–H groups in total. The molecule has 116 valence electrons. The Kier molecular flexibility index (Phi) is 5.19. The molecule has 1 aromatic rings. The lowest BCUT2D eigenvalue weighted by atomic mass is 9.97. The predicted molar refractivity (Wildman–Crippen MR) is 76.7 cm³/mol. The smallest absolute Gasteiger partial charge is 0.309 e. The van der Waals surface area contributed by atoms with Crippen LogP contribution in [-0.2, 0) is 9.53 Å². The molecule has 0 bridgehead atoms. The van der Waals surface area contributed by atoms with E-state index in [1.165, 1.54) is 0 Å². The molecule has 21 heavy (non-hydrogen) atoms. The van der Waals surface area contributed by atoms with E-state index in [-0.39, 0.29) is 11.9 Å². The largest absolute Gasteiger partial charge is 0.481 e. The van der Waals surface area contributed by atoms with Gasteiger partial charge in [-0.05, 0) is 19.8 Å². The molecular weight excluding hydrogens is 274 g/mol. The van der Waals surface area contributed by atoms with Gasteiger partial charge in [0.2, 0.25) is 17.7 Å². The molecule has 1 aliphatic rings. The third-order valence-electron chi connectivity index (χ3n) is 3.48. The lowest BCUT2D eigenvalue weighted by molar-refractivity contribution is -0.148. The molecule has 0 amide bonds. The second kappa shape index (κ2) is 7.10. The third kappa shape index (κ3) is 3.74. The summed E-state index contributed by atoms with van der Waals surface area (Å²) in [6.07, 6.45) is 1.48. The molecule has 0 unspecified atom stereocenters. The molecule has 7 heteroatoms. The van der Waals surface area contributed by atoms with Crippen molar-refractivity contribution < 1.29 is 19.0 Å². The van der Waals surface area contributed by atoms with E-state index in [1.807, 2.05) is 11.8 Å². The fourth-order valence-electron chi connectivity index (χ4n) is 2.32. The zero-order valence-corrected chi connectivity index (χ0v) is 12.7. The van der Waals surface area contributed by atoms with Crippen LogP contribution >= 0.6 is 0 Å². The zero-order valence-electron chi connectivity index (χ0n) is 12.7. The van der Waals surface area contributed by atoms with E-state index >= 15 is 0 Å². The lowest BCUT2D eigenvalue weighted by Gasteiger charge is -2.30. The van der Waals surface area contributed by atoms with Crippen LogP contribution in [-0.4, -0.2) is 49.9 Å². The van der Waals surface area contributed by atoms with Gasteiger partial charge in [0.1, 0.15) is 0 Å². The first kappa shape index (κ1) is 15.3. The van der Waals surface area contributed by atoms with E-state index in [0.29, 0.717) is 37.4 Å². The van der Waals surface area contributed by atoms with Gasteiger partial charge in [-0.3, -0.25) is 4.79 Å². The fourth-order valence-corrected chi connectivity index (χ4v) is 2.32. The van der Waals surface area contributed by atoms with Crippen LogP contribution in [0.15, 0.2) is 6.07 Å². The van der Waals surface area contributed by atoms with Crippen LogP contribution in [0.1, 0.15) is 19.8 Å². The van der Waals surface area contributed by atoms with Gasteiger partial charge in [0, 0.05) is 13.1 Å². The molecule has 0 saturated carbocycles. The first-order valence-electron chi connectivity index (χ1n) is 7.06. The van der Waals surface area contributed by atoms with Gasteiger partial charge in [-0.15, -0.1) is 0 Å². The van der Waals surface area contributed by atoms with Crippen LogP contribution in [0.5, 0.6) is 11.8 Å². The summed E-state index contributed by atoms with van der Waals surface area (Å²) in [6, 6.07) is 1.63. The minimum Gasteiger partial charge on any atom is -0.481 e. The van der Waals surface area contributed by atoms with E-state index in [0.717, 1.165) is 12.8 Å². The number of carbonyl (C=O) groups is 1. The fraction of sp³-hybridized carbons (Fsp3) is 0.643. The number of methoxy groups -OCH3 is 2. The topological polar surface area (TPSA) is 73.8 Å². The van der Waals surface area contributed by atoms with Gasteiger partial charge in [0.15, 0.2) is 0 Å². The molecule has 0 aliphatic carbocycles. The predicted octanol–water partition coefficient (Wildman–Crippen LogP) is 1.27. The molecule has 0 aromatic carbocycles. The van der Waals surface area contributed by atoms with Gasteiger partial charge in [-0.2, -0.15) is 9.97 Å². The summed E-state index contributed by atoms with van der Waals surface area (Å²) in [7, 11) is 3.11. The molecular formula is C14H21N3O4. The lowest BCUT2D eigenvalue weighted by Crippen LogP contribution is -2.38. The van der Waals surface area contributed by atoms with Crippen molar-refractivity contribution >= 4 is 11.9 Å². The number of ether oxygens (including phenoxy) is 3. The number of piperidine rings is 1. The molecule has 1 aromatic heterocycles. The molecule has 1 aliphatic heterocycles. The maximum absolute atomic E-state index is 11.7. The summed E-state index contributed by atoms with van der Waals surface area (Å²) in [6.45, 7) is 3.66. The van der Waals surface area contributed by atoms with Crippen molar-refractivity contribution in [3.05, 3.63) is 6.07 Å². The van der Waals surface area contributed by atoms with E-state index in [1.54, 1.807) is 20.3 Å². The van der Waals surface area contributed by atoms with E-state index < -0.39 is 0 Å². The minimum atomic E-state index is -0.110. The van der Waals surface area contributed by atoms with Gasteiger partial charge in [-0.1, -0.05) is 0 Å². The summed E-state index contributed by atoms with van der Waals surface area (Å²) in [5.74, 6) is 1.34. The minimum absolute atomic E-state index is 0.0336. The Balaban J connectivity index is 2.03. The van der Waals surface area contributed by atoms with Crippen LogP contribution < -0.4 is 14.4 Å². The average Bonchev–Trinajstić information content (AvgIpc) is 2.54. The average molecular weight is 295 g/mol. The van der Waals surface area contributed by atoms with Crippen LogP contribution in [0, 0.1) is 5.92 Å². The second-order valence-corrected chi connectivity index (χ2v) is 4.77. The Morgan fingerprint density at radius 2 is 1.81 bits per heavy atom. The Morgan fingerprint density at radius 3 is 2.29 bits per heavy atom. The monoisotopic (exact) mass is 295 g/mol. The van der Waals surface area contributed by atoms with Gasteiger partial charge in [0.25, 0.3) is 0 Å². The highest BCUT2D eigenvalue weighted by Gasteiger charge is 2.27. The maximum atomic E-state index is 11.7. The number of rotatable bonds is 5. The standard InChI is InChI=1S/C14H21N3O4/c1-4-21-13(18)10-5-7-17(8-6-10)14-15-11(19-2)9-12(16-14)20-3/h9-10H,4-8H2,1-3H3. The number of anilines is 1. The maximum Gasteiger partial charge on any atom is 0.309 e. The number of carbonyl (C=O) groups excluding carboxylic acids is 1. The molecule has 1 saturated heterocycles. The molecule has 1 fully saturated rings. The van der Waals surface area contributed by atoms with E-state index in [4.69, 9.17) is 14.2 Å². The zero-order chi connectivity index (χ0) is 15.2. The normalized spacial score (nSPS) is 15.7. The second-order valence-electron chi connectivity index (χ2n) is 4.77. The van der Waals surface area contributed by atoms with Gasteiger partial charge < -0.3 is 19.1 Å². The first-order valence-corrected chi connectivity index (χ1v) is 7.06. The Bertz CT molecular complexity index is 465. The number of nitrogens with zero attached hydrogens (tertiary/aromatic N) is 3. The number of aromatic nitrogens is 2. The van der Waals surface area contributed by atoms with Crippen LogP contribution in [0.4, 0.5) is 5.95 Å². The Labute approximate surface area is 124 Å². The number of esters is 1. The van der Waals surface area contributed by atoms with Crippen molar-refractivity contribution in [2.45, 2.75) is 19.8 Å². The van der Waals surface area contributed by atoms with Gasteiger partial charge in [-0.25, -0.2) is 0 Å². The van der Waals surface area contributed by atoms with Crippen molar-refractivity contribution in [1.29, 1.82) is 0 Å². The third-order valence-corrected chi connectivity index (χ3v) is 3.48. The molecule has 2 heterocycles. The molecule has 0 spiro atoms. The van der Waals surface area contributed by atoms with E-state index in [9.17, 15) is 4.79 Å². The van der Waals surface area contributed by atoms with E-state index in [2.05, 4.69) is 9.97 Å². The van der Waals surface area contributed by atoms with Crippen molar-refractivity contribution in [2.24, 2.45) is 5.92 Å². The Hall–Kier alpha value is -2.05. The van der Waals surface area contributed by atoms with Crippen LogP contribution in [0.25, 0.3) is 0 Å². The summed E-state index contributed by atoms with van der Waals surface area (Å²) in [5, 5.41) is 0. The van der Waals surface area contributed by atoms with Gasteiger partial charge >= 0.3 is 5.97 Å². The quantitative estimate of drug-likeness (QED) is 0.757. The summed E-state index contributed by atoms with van der Waals surface area (Å²) in [5.41, 5.74) is 0. The van der Waals surface area contributed by atoms with Gasteiger partial charge in [0.05, 0.1) is 32.8 Å². The number of hydrogen-bond donors (Lipinski definition) is 0. The molecule has 0 radical (unpaired) electrons. The van der Waals surface area contributed by atoms with Crippen LogP contribution in [0.2, 0.25) is 0 Å². The Morgan fingerprint density at radius 1 is 1.24 bits per heavy atom. The van der Waals surface area contributed by atoms with Crippen molar-refractivity contribution in [1.82, 2.24) is 9.97 Å². The number of hydrogen-bond acceptors (Lipinski definition) is 7. The highest BCUT2D eigenvalue weighted by Crippen LogP contribution is 2.25. The molecule has 2 rings (SSSR count). The summed E-state index contributed by atoms with van der Waals surface area (Å²) < 4.78 is 15.4. The summed E-state index contributed by atoms with van der Waals surface area (Å²) in [4.78, 5) is 22.4. The summed E-state index contributed by atoms with van der Waals surface area (Å²) >= 11 is 0.